The lowest BCUT2D eigenvalue weighted by molar-refractivity contribution is 0.282. The highest BCUT2D eigenvalue weighted by Crippen LogP contribution is 2.17. The number of nitrogens with one attached hydrogen (secondary N) is 1. The van der Waals surface area contributed by atoms with Gasteiger partial charge in [0.1, 0.15) is 0 Å². The van der Waals surface area contributed by atoms with Crippen molar-refractivity contribution in [1.82, 2.24) is 0 Å². The van der Waals surface area contributed by atoms with Crippen LogP contribution in [0.25, 0.3) is 0 Å². The van der Waals surface area contributed by atoms with Gasteiger partial charge in [-0.05, 0) is 23.3 Å². The summed E-state index contributed by atoms with van der Waals surface area (Å²) in [7, 11) is 0. The average Bonchev–Trinajstić information content (AvgIpc) is 2.41. The Balaban J connectivity index is 2.04. The van der Waals surface area contributed by atoms with Crippen LogP contribution in [0.15, 0.2) is 42.5 Å². The summed E-state index contributed by atoms with van der Waals surface area (Å²) < 4.78 is 26.3. The Labute approximate surface area is 104 Å². The van der Waals surface area contributed by atoms with Crippen LogP contribution in [0, 0.1) is 11.6 Å². The molecular formula is C14H13F2NO. The molecule has 18 heavy (non-hydrogen) atoms. The fourth-order valence-electron chi connectivity index (χ4n) is 1.60. The number of anilines is 1. The first-order valence-corrected chi connectivity index (χ1v) is 5.57. The number of aliphatic hydroxyl groups excluding tert-OH is 1. The van der Waals surface area contributed by atoms with Gasteiger partial charge in [-0.15, -0.1) is 0 Å². The van der Waals surface area contributed by atoms with Gasteiger partial charge in [-0.2, -0.15) is 0 Å². The van der Waals surface area contributed by atoms with E-state index in [9.17, 15) is 8.78 Å². The van der Waals surface area contributed by atoms with Crippen LogP contribution in [0.3, 0.4) is 0 Å². The fourth-order valence-corrected chi connectivity index (χ4v) is 1.60. The summed E-state index contributed by atoms with van der Waals surface area (Å²) in [6.07, 6.45) is 0. The van der Waals surface area contributed by atoms with Crippen molar-refractivity contribution in [2.75, 3.05) is 5.32 Å². The van der Waals surface area contributed by atoms with Crippen molar-refractivity contribution in [2.45, 2.75) is 13.2 Å². The zero-order chi connectivity index (χ0) is 13.0. The van der Waals surface area contributed by atoms with Crippen molar-refractivity contribution in [3.8, 4) is 0 Å². The lowest BCUT2D eigenvalue weighted by Crippen LogP contribution is -2.02. The molecule has 2 aromatic carbocycles. The minimum absolute atomic E-state index is 0.00771. The Morgan fingerprint density at radius 1 is 0.944 bits per heavy atom. The van der Waals surface area contributed by atoms with Crippen LogP contribution in [0.4, 0.5) is 14.5 Å². The lowest BCUT2D eigenvalue weighted by Gasteiger charge is -2.08. The van der Waals surface area contributed by atoms with E-state index in [0.717, 1.165) is 17.2 Å². The van der Waals surface area contributed by atoms with Crippen LogP contribution in [-0.4, -0.2) is 5.11 Å². The van der Waals surface area contributed by atoms with E-state index in [1.54, 1.807) is 12.1 Å². The molecule has 0 saturated heterocycles. The van der Waals surface area contributed by atoms with E-state index in [1.165, 1.54) is 12.1 Å². The number of benzene rings is 2. The number of hydrogen-bond donors (Lipinski definition) is 2. The monoisotopic (exact) mass is 249 g/mol. The molecule has 0 radical (unpaired) electrons. The quantitative estimate of drug-likeness (QED) is 0.872. The van der Waals surface area contributed by atoms with Gasteiger partial charge in [0.05, 0.1) is 12.3 Å². The smallest absolute Gasteiger partial charge is 0.181 e. The Hall–Kier alpha value is -1.94. The summed E-state index contributed by atoms with van der Waals surface area (Å²) in [5.41, 5.74) is 1.88. The molecule has 0 aromatic heterocycles. The van der Waals surface area contributed by atoms with Crippen molar-refractivity contribution in [2.24, 2.45) is 0 Å². The highest BCUT2D eigenvalue weighted by molar-refractivity contribution is 5.45. The van der Waals surface area contributed by atoms with Crippen molar-refractivity contribution in [3.63, 3.8) is 0 Å². The molecule has 0 fully saturated rings. The van der Waals surface area contributed by atoms with Gasteiger partial charge in [0.15, 0.2) is 11.6 Å². The van der Waals surface area contributed by atoms with Gasteiger partial charge in [-0.1, -0.05) is 30.3 Å². The molecule has 0 unspecified atom stereocenters. The van der Waals surface area contributed by atoms with Crippen molar-refractivity contribution < 1.29 is 13.9 Å². The van der Waals surface area contributed by atoms with Crippen molar-refractivity contribution >= 4 is 5.69 Å². The number of halogens is 2. The molecular weight excluding hydrogens is 236 g/mol. The van der Waals surface area contributed by atoms with E-state index >= 15 is 0 Å². The maximum Gasteiger partial charge on any atom is 0.181 e. The SMILES string of the molecule is OCc1ccc(CNc2cccc(F)c2F)cc1. The number of hydrogen-bond acceptors (Lipinski definition) is 2. The molecule has 2 nitrogen and oxygen atoms in total. The highest BCUT2D eigenvalue weighted by atomic mass is 19.2. The molecule has 0 heterocycles. The summed E-state index contributed by atoms with van der Waals surface area (Å²) in [5.74, 6) is -1.74. The summed E-state index contributed by atoms with van der Waals surface area (Å²) in [5, 5.41) is 11.7. The first-order valence-electron chi connectivity index (χ1n) is 5.57. The van der Waals surface area contributed by atoms with E-state index in [2.05, 4.69) is 5.32 Å². The topological polar surface area (TPSA) is 32.3 Å². The second-order valence-corrected chi connectivity index (χ2v) is 3.93. The molecule has 0 spiro atoms. The molecule has 0 saturated carbocycles. The summed E-state index contributed by atoms with van der Waals surface area (Å²) >= 11 is 0. The Kier molecular flexibility index (Phi) is 3.89. The fraction of sp³-hybridized carbons (Fsp3) is 0.143. The first-order chi connectivity index (χ1) is 8.70. The molecule has 2 N–H and O–H groups in total. The molecule has 0 atom stereocenters. The van der Waals surface area contributed by atoms with E-state index < -0.39 is 11.6 Å². The lowest BCUT2D eigenvalue weighted by atomic mass is 10.1. The van der Waals surface area contributed by atoms with Gasteiger partial charge < -0.3 is 10.4 Å². The molecule has 0 amide bonds. The van der Waals surface area contributed by atoms with E-state index in [4.69, 9.17) is 5.11 Å². The van der Waals surface area contributed by atoms with E-state index in [1.807, 2.05) is 12.1 Å². The summed E-state index contributed by atoms with van der Waals surface area (Å²) in [6.45, 7) is 0.387. The molecule has 2 rings (SSSR count). The predicted molar refractivity (Wildman–Crippen MR) is 66.0 cm³/mol. The van der Waals surface area contributed by atoms with Gasteiger partial charge in [0.2, 0.25) is 0 Å². The number of rotatable bonds is 4. The largest absolute Gasteiger partial charge is 0.392 e. The maximum atomic E-state index is 13.4. The molecule has 0 aliphatic carbocycles. The number of aliphatic hydroxyl groups is 1. The minimum Gasteiger partial charge on any atom is -0.392 e. The molecule has 4 heteroatoms. The van der Waals surface area contributed by atoms with Crippen LogP contribution < -0.4 is 5.32 Å². The third-order valence-electron chi connectivity index (χ3n) is 2.64. The van der Waals surface area contributed by atoms with E-state index in [0.29, 0.717) is 6.54 Å². The maximum absolute atomic E-state index is 13.4. The van der Waals surface area contributed by atoms with Gasteiger partial charge in [0, 0.05) is 6.54 Å². The average molecular weight is 249 g/mol. The van der Waals surface area contributed by atoms with Gasteiger partial charge in [-0.3, -0.25) is 0 Å². The second-order valence-electron chi connectivity index (χ2n) is 3.93. The summed E-state index contributed by atoms with van der Waals surface area (Å²) in [6, 6.07) is 11.3. The molecule has 2 aromatic rings. The summed E-state index contributed by atoms with van der Waals surface area (Å²) in [4.78, 5) is 0. The van der Waals surface area contributed by atoms with Crippen molar-refractivity contribution in [3.05, 3.63) is 65.2 Å². The minimum atomic E-state index is -0.871. The molecule has 0 aliphatic heterocycles. The predicted octanol–water partition coefficient (Wildman–Crippen LogP) is 3.07. The van der Waals surface area contributed by atoms with Crippen LogP contribution >= 0.6 is 0 Å². The highest BCUT2D eigenvalue weighted by Gasteiger charge is 2.06. The molecule has 0 aliphatic rings. The molecule has 94 valence electrons. The Morgan fingerprint density at radius 2 is 1.61 bits per heavy atom. The molecule has 0 bridgehead atoms. The van der Waals surface area contributed by atoms with Gasteiger partial charge in [-0.25, -0.2) is 8.78 Å². The standard InChI is InChI=1S/C14H13F2NO/c15-12-2-1-3-13(14(12)16)17-8-10-4-6-11(9-18)7-5-10/h1-7,17-18H,8-9H2. The Bertz CT molecular complexity index is 526. The van der Waals surface area contributed by atoms with Gasteiger partial charge in [0.25, 0.3) is 0 Å². The normalized spacial score (nSPS) is 10.4. The van der Waals surface area contributed by atoms with E-state index in [-0.39, 0.29) is 12.3 Å². The van der Waals surface area contributed by atoms with Crippen LogP contribution in [0.2, 0.25) is 0 Å². The van der Waals surface area contributed by atoms with Crippen molar-refractivity contribution in [1.29, 1.82) is 0 Å². The third kappa shape index (κ3) is 2.84. The zero-order valence-electron chi connectivity index (χ0n) is 9.66. The first kappa shape index (κ1) is 12.5. The second kappa shape index (κ2) is 5.60. The third-order valence-corrected chi connectivity index (χ3v) is 2.64. The van der Waals surface area contributed by atoms with Crippen LogP contribution in [0.5, 0.6) is 0 Å². The van der Waals surface area contributed by atoms with Crippen LogP contribution in [0.1, 0.15) is 11.1 Å². The Morgan fingerprint density at radius 3 is 2.28 bits per heavy atom. The van der Waals surface area contributed by atoms with Gasteiger partial charge >= 0.3 is 0 Å². The van der Waals surface area contributed by atoms with Crippen LogP contribution in [-0.2, 0) is 13.2 Å². The zero-order valence-corrected chi connectivity index (χ0v) is 9.66.